The molecule has 0 aromatic rings. The quantitative estimate of drug-likeness (QED) is 0.614. The van der Waals surface area contributed by atoms with E-state index >= 15 is 0 Å². The average molecular weight is 186 g/mol. The summed E-state index contributed by atoms with van der Waals surface area (Å²) < 4.78 is 10.6. The van der Waals surface area contributed by atoms with Crippen molar-refractivity contribution in [2.24, 2.45) is 11.8 Å². The Morgan fingerprint density at radius 1 is 1.54 bits per heavy atom. The number of rotatable bonds is 2. The Hall–Kier alpha value is -0.450. The molecule has 1 N–H and O–H groups in total. The van der Waals surface area contributed by atoms with Gasteiger partial charge in [-0.15, -0.1) is 0 Å². The number of ether oxygens (including phenoxy) is 2. The highest BCUT2D eigenvalue weighted by atomic mass is 16.7. The lowest BCUT2D eigenvalue weighted by Gasteiger charge is -2.13. The van der Waals surface area contributed by atoms with Crippen molar-refractivity contribution in [2.75, 3.05) is 7.11 Å². The third-order valence-electron chi connectivity index (χ3n) is 3.10. The first-order valence-electron chi connectivity index (χ1n) is 4.58. The van der Waals surface area contributed by atoms with Gasteiger partial charge < -0.3 is 19.4 Å². The lowest BCUT2D eigenvalue weighted by molar-refractivity contribution is -0.119. The van der Waals surface area contributed by atoms with Crippen molar-refractivity contribution in [1.29, 1.82) is 0 Å². The number of fused-ring (bicyclic) bond motifs is 1. The van der Waals surface area contributed by atoms with Crippen LogP contribution >= 0.6 is 0 Å². The zero-order valence-corrected chi connectivity index (χ0v) is 7.55. The van der Waals surface area contributed by atoms with Gasteiger partial charge in [-0.2, -0.15) is 0 Å². The Morgan fingerprint density at radius 3 is 2.92 bits per heavy atom. The van der Waals surface area contributed by atoms with Gasteiger partial charge in [0.1, 0.15) is 6.29 Å². The Morgan fingerprint density at radius 2 is 2.31 bits per heavy atom. The lowest BCUT2D eigenvalue weighted by Crippen LogP contribution is -2.22. The molecule has 2 fully saturated rings. The number of carbonyl (C=O) groups excluding carboxylic acids is 1. The van der Waals surface area contributed by atoms with Crippen molar-refractivity contribution in [2.45, 2.75) is 31.3 Å². The molecular formula is C9H14O4. The van der Waals surface area contributed by atoms with Gasteiger partial charge in [-0.3, -0.25) is 0 Å². The SMILES string of the molecule is CO[C@@H]1C[C@H]2C(C[C@H](O)C2C=O)O1. The summed E-state index contributed by atoms with van der Waals surface area (Å²) in [6.07, 6.45) is 1.43. The minimum atomic E-state index is -0.523. The third kappa shape index (κ3) is 1.39. The van der Waals surface area contributed by atoms with Gasteiger partial charge in [-0.1, -0.05) is 0 Å². The van der Waals surface area contributed by atoms with Gasteiger partial charge in [0.15, 0.2) is 6.29 Å². The molecule has 0 aromatic carbocycles. The molecule has 1 heterocycles. The van der Waals surface area contributed by atoms with Crippen LogP contribution < -0.4 is 0 Å². The highest BCUT2D eigenvalue weighted by Gasteiger charge is 2.49. The number of hydrogen-bond acceptors (Lipinski definition) is 4. The second-order valence-electron chi connectivity index (χ2n) is 3.76. The Labute approximate surface area is 76.8 Å². The van der Waals surface area contributed by atoms with E-state index in [9.17, 15) is 9.90 Å². The zero-order chi connectivity index (χ0) is 9.42. The highest BCUT2D eigenvalue weighted by Crippen LogP contribution is 2.42. The molecule has 1 aliphatic heterocycles. The Balaban J connectivity index is 2.06. The van der Waals surface area contributed by atoms with E-state index in [0.29, 0.717) is 6.42 Å². The smallest absolute Gasteiger partial charge is 0.157 e. The zero-order valence-electron chi connectivity index (χ0n) is 7.55. The summed E-state index contributed by atoms with van der Waals surface area (Å²) in [5.41, 5.74) is 0. The fraction of sp³-hybridized carbons (Fsp3) is 0.889. The summed E-state index contributed by atoms with van der Waals surface area (Å²) in [6, 6.07) is 0. The van der Waals surface area contributed by atoms with Crippen LogP contribution in [-0.4, -0.2) is 37.0 Å². The van der Waals surface area contributed by atoms with Crippen LogP contribution in [0.2, 0.25) is 0 Å². The highest BCUT2D eigenvalue weighted by molar-refractivity contribution is 5.56. The van der Waals surface area contributed by atoms with Crippen LogP contribution in [0.3, 0.4) is 0 Å². The van der Waals surface area contributed by atoms with E-state index in [2.05, 4.69) is 0 Å². The molecule has 4 nitrogen and oxygen atoms in total. The molecule has 5 atom stereocenters. The molecule has 4 heteroatoms. The van der Waals surface area contributed by atoms with Crippen molar-refractivity contribution in [1.82, 2.24) is 0 Å². The van der Waals surface area contributed by atoms with E-state index in [1.165, 1.54) is 0 Å². The molecule has 74 valence electrons. The van der Waals surface area contributed by atoms with Crippen LogP contribution in [0, 0.1) is 11.8 Å². The monoisotopic (exact) mass is 186 g/mol. The predicted octanol–water partition coefficient (Wildman–Crippen LogP) is -0.0563. The number of hydrogen-bond donors (Lipinski definition) is 1. The van der Waals surface area contributed by atoms with E-state index in [1.807, 2.05) is 0 Å². The second kappa shape index (κ2) is 3.36. The maximum absolute atomic E-state index is 10.7. The largest absolute Gasteiger partial charge is 0.392 e. The van der Waals surface area contributed by atoms with Crippen molar-refractivity contribution in [3.05, 3.63) is 0 Å². The van der Waals surface area contributed by atoms with Gasteiger partial charge in [-0.25, -0.2) is 0 Å². The third-order valence-corrected chi connectivity index (χ3v) is 3.10. The summed E-state index contributed by atoms with van der Waals surface area (Å²) in [7, 11) is 1.60. The van der Waals surface area contributed by atoms with Crippen LogP contribution in [-0.2, 0) is 14.3 Å². The van der Waals surface area contributed by atoms with E-state index in [4.69, 9.17) is 9.47 Å². The number of aliphatic hydroxyl groups is 1. The van der Waals surface area contributed by atoms with E-state index < -0.39 is 6.10 Å². The normalized spacial score (nSPS) is 49.2. The van der Waals surface area contributed by atoms with Crippen LogP contribution in [0.5, 0.6) is 0 Å². The molecule has 0 spiro atoms. The summed E-state index contributed by atoms with van der Waals surface area (Å²) in [5.74, 6) is -0.109. The minimum Gasteiger partial charge on any atom is -0.392 e. The number of aliphatic hydroxyl groups excluding tert-OH is 1. The molecule has 2 aliphatic rings. The fourth-order valence-electron chi connectivity index (χ4n) is 2.38. The molecule has 2 unspecified atom stereocenters. The predicted molar refractivity (Wildman–Crippen MR) is 44.0 cm³/mol. The van der Waals surface area contributed by atoms with E-state index in [0.717, 1.165) is 12.7 Å². The first-order chi connectivity index (χ1) is 6.26. The fourth-order valence-corrected chi connectivity index (χ4v) is 2.38. The van der Waals surface area contributed by atoms with Crippen LogP contribution in [0.1, 0.15) is 12.8 Å². The topological polar surface area (TPSA) is 55.8 Å². The van der Waals surface area contributed by atoms with Crippen molar-refractivity contribution in [3.63, 3.8) is 0 Å². The van der Waals surface area contributed by atoms with Crippen molar-refractivity contribution < 1.29 is 19.4 Å². The van der Waals surface area contributed by atoms with Crippen molar-refractivity contribution >= 4 is 6.29 Å². The molecule has 0 amide bonds. The first-order valence-corrected chi connectivity index (χ1v) is 4.58. The molecule has 1 saturated carbocycles. The van der Waals surface area contributed by atoms with Crippen molar-refractivity contribution in [3.8, 4) is 0 Å². The maximum atomic E-state index is 10.7. The minimum absolute atomic E-state index is 0.00940. The number of methoxy groups -OCH3 is 1. The van der Waals surface area contributed by atoms with E-state index in [1.54, 1.807) is 7.11 Å². The molecule has 13 heavy (non-hydrogen) atoms. The summed E-state index contributed by atoms with van der Waals surface area (Å²) >= 11 is 0. The van der Waals surface area contributed by atoms with Gasteiger partial charge >= 0.3 is 0 Å². The molecule has 2 rings (SSSR count). The number of aldehydes is 1. The standard InChI is InChI=1S/C9H14O4/c1-12-9-2-5-6(4-10)7(11)3-8(5)13-9/h4-9,11H,2-3H2,1H3/t5-,6?,7+,8?,9+/m1/s1. The second-order valence-corrected chi connectivity index (χ2v) is 3.76. The Kier molecular flexibility index (Phi) is 2.36. The molecule has 0 aromatic heterocycles. The van der Waals surface area contributed by atoms with Gasteiger partial charge in [-0.05, 0) is 0 Å². The number of carbonyl (C=O) groups is 1. The summed E-state index contributed by atoms with van der Waals surface area (Å²) in [5, 5.41) is 9.50. The molecule has 1 saturated heterocycles. The van der Waals surface area contributed by atoms with Gasteiger partial charge in [0, 0.05) is 31.8 Å². The summed E-state index contributed by atoms with van der Waals surface area (Å²) in [4.78, 5) is 10.7. The first kappa shape index (κ1) is 9.12. The molecule has 1 aliphatic carbocycles. The van der Waals surface area contributed by atoms with Gasteiger partial charge in [0.05, 0.1) is 12.2 Å². The molecule has 0 bridgehead atoms. The van der Waals surface area contributed by atoms with Crippen LogP contribution in [0.15, 0.2) is 0 Å². The maximum Gasteiger partial charge on any atom is 0.157 e. The van der Waals surface area contributed by atoms with E-state index in [-0.39, 0.29) is 24.2 Å². The van der Waals surface area contributed by atoms with Crippen LogP contribution in [0.4, 0.5) is 0 Å². The van der Waals surface area contributed by atoms with Crippen LogP contribution in [0.25, 0.3) is 0 Å². The molecule has 0 radical (unpaired) electrons. The average Bonchev–Trinajstić information content (AvgIpc) is 2.60. The lowest BCUT2D eigenvalue weighted by atomic mass is 9.93. The Bertz CT molecular complexity index is 206. The molecular weight excluding hydrogens is 172 g/mol. The summed E-state index contributed by atoms with van der Waals surface area (Å²) in [6.45, 7) is 0. The van der Waals surface area contributed by atoms with Gasteiger partial charge in [0.25, 0.3) is 0 Å². The van der Waals surface area contributed by atoms with Gasteiger partial charge in [0.2, 0.25) is 0 Å².